The lowest BCUT2D eigenvalue weighted by Crippen LogP contribution is -2.23. The fourth-order valence-corrected chi connectivity index (χ4v) is 2.81. The van der Waals surface area contributed by atoms with Gasteiger partial charge in [-0.15, -0.1) is 0 Å². The molecular formula is C20H20N2O5. The van der Waals surface area contributed by atoms with Crippen molar-refractivity contribution in [2.24, 2.45) is 0 Å². The van der Waals surface area contributed by atoms with Gasteiger partial charge in [0.1, 0.15) is 5.75 Å². The maximum Gasteiger partial charge on any atom is 0.338 e. The topological polar surface area (TPSA) is 84.9 Å². The number of anilines is 2. The van der Waals surface area contributed by atoms with Gasteiger partial charge in [0.25, 0.3) is 5.91 Å². The molecule has 2 aromatic carbocycles. The summed E-state index contributed by atoms with van der Waals surface area (Å²) in [4.78, 5) is 37.5. The van der Waals surface area contributed by atoms with Crippen LogP contribution >= 0.6 is 0 Å². The van der Waals surface area contributed by atoms with Gasteiger partial charge in [-0.05, 0) is 48.9 Å². The zero-order valence-electron chi connectivity index (χ0n) is 14.9. The molecule has 2 aromatic rings. The van der Waals surface area contributed by atoms with Gasteiger partial charge in [-0.3, -0.25) is 9.59 Å². The predicted molar refractivity (Wildman–Crippen MR) is 99.9 cm³/mol. The van der Waals surface area contributed by atoms with Gasteiger partial charge in [-0.25, -0.2) is 4.79 Å². The second kappa shape index (κ2) is 8.35. The molecule has 0 saturated carbocycles. The zero-order chi connectivity index (χ0) is 19.2. The number of nitrogens with zero attached hydrogens (tertiary/aromatic N) is 1. The molecule has 27 heavy (non-hydrogen) atoms. The molecule has 1 N–H and O–H groups in total. The molecule has 0 aliphatic carbocycles. The van der Waals surface area contributed by atoms with Crippen LogP contribution in [0.1, 0.15) is 23.2 Å². The normalized spacial score (nSPS) is 13.4. The van der Waals surface area contributed by atoms with Crippen LogP contribution in [0.5, 0.6) is 5.75 Å². The molecule has 1 fully saturated rings. The molecule has 140 valence electrons. The van der Waals surface area contributed by atoms with Crippen LogP contribution in [0, 0.1) is 0 Å². The lowest BCUT2D eigenvalue weighted by atomic mass is 10.2. The van der Waals surface area contributed by atoms with Gasteiger partial charge in [-0.1, -0.05) is 6.07 Å². The van der Waals surface area contributed by atoms with Gasteiger partial charge >= 0.3 is 5.97 Å². The van der Waals surface area contributed by atoms with Crippen molar-refractivity contribution in [3.63, 3.8) is 0 Å². The summed E-state index contributed by atoms with van der Waals surface area (Å²) in [6.07, 6.45) is 1.42. The van der Waals surface area contributed by atoms with Crippen LogP contribution in [-0.4, -0.2) is 38.0 Å². The van der Waals surface area contributed by atoms with Crippen LogP contribution in [0.3, 0.4) is 0 Å². The van der Waals surface area contributed by atoms with E-state index in [1.807, 2.05) is 0 Å². The zero-order valence-corrected chi connectivity index (χ0v) is 14.9. The fraction of sp³-hybridized carbons (Fsp3) is 0.250. The predicted octanol–water partition coefficient (Wildman–Crippen LogP) is 2.62. The van der Waals surface area contributed by atoms with Crippen LogP contribution in [-0.2, 0) is 14.3 Å². The number of hydrogen-bond acceptors (Lipinski definition) is 5. The first-order chi connectivity index (χ1) is 13.1. The van der Waals surface area contributed by atoms with Crippen molar-refractivity contribution in [3.8, 4) is 5.75 Å². The summed E-state index contributed by atoms with van der Waals surface area (Å²) in [6.45, 7) is 0.313. The van der Waals surface area contributed by atoms with Crippen molar-refractivity contribution >= 4 is 29.2 Å². The number of carbonyl (C=O) groups excluding carboxylic acids is 3. The van der Waals surface area contributed by atoms with Crippen LogP contribution in [0.2, 0.25) is 0 Å². The molecule has 1 heterocycles. The van der Waals surface area contributed by atoms with Crippen LogP contribution < -0.4 is 15.0 Å². The number of esters is 1. The van der Waals surface area contributed by atoms with E-state index in [2.05, 4.69) is 5.32 Å². The van der Waals surface area contributed by atoms with E-state index in [4.69, 9.17) is 9.47 Å². The van der Waals surface area contributed by atoms with E-state index in [-0.39, 0.29) is 5.91 Å². The monoisotopic (exact) mass is 368 g/mol. The Morgan fingerprint density at radius 1 is 1.15 bits per heavy atom. The average molecular weight is 368 g/mol. The third-order valence-electron chi connectivity index (χ3n) is 4.18. The second-order valence-corrected chi connectivity index (χ2v) is 6.05. The highest BCUT2D eigenvalue weighted by Crippen LogP contribution is 2.23. The van der Waals surface area contributed by atoms with Gasteiger partial charge in [0, 0.05) is 24.3 Å². The van der Waals surface area contributed by atoms with Crippen molar-refractivity contribution in [2.75, 3.05) is 30.5 Å². The first-order valence-electron chi connectivity index (χ1n) is 8.58. The Bertz CT molecular complexity index is 848. The van der Waals surface area contributed by atoms with Crippen molar-refractivity contribution in [2.45, 2.75) is 12.8 Å². The summed E-state index contributed by atoms with van der Waals surface area (Å²) in [7, 11) is 1.50. The first kappa shape index (κ1) is 18.4. The molecule has 0 aromatic heterocycles. The lowest BCUT2D eigenvalue weighted by Gasteiger charge is -2.16. The molecule has 0 bridgehead atoms. The van der Waals surface area contributed by atoms with Crippen LogP contribution in [0.15, 0.2) is 48.5 Å². The van der Waals surface area contributed by atoms with E-state index in [0.717, 1.165) is 12.1 Å². The van der Waals surface area contributed by atoms with E-state index in [1.54, 1.807) is 53.4 Å². The average Bonchev–Trinajstić information content (AvgIpc) is 3.12. The Balaban J connectivity index is 1.51. The van der Waals surface area contributed by atoms with E-state index >= 15 is 0 Å². The van der Waals surface area contributed by atoms with Gasteiger partial charge in [0.05, 0.1) is 12.7 Å². The summed E-state index contributed by atoms with van der Waals surface area (Å²) in [5.74, 6) is -0.412. The number of amides is 2. The number of ether oxygens (including phenoxy) is 2. The van der Waals surface area contributed by atoms with E-state index in [9.17, 15) is 14.4 Å². The molecule has 7 nitrogen and oxygen atoms in total. The molecule has 7 heteroatoms. The maximum atomic E-state index is 12.0. The molecule has 1 aliphatic rings. The molecule has 3 rings (SSSR count). The molecule has 1 saturated heterocycles. The van der Waals surface area contributed by atoms with Crippen molar-refractivity contribution in [1.82, 2.24) is 0 Å². The quantitative estimate of drug-likeness (QED) is 0.793. The van der Waals surface area contributed by atoms with Crippen LogP contribution in [0.4, 0.5) is 11.4 Å². The first-order valence-corrected chi connectivity index (χ1v) is 8.58. The lowest BCUT2D eigenvalue weighted by molar-refractivity contribution is -0.119. The Morgan fingerprint density at radius 2 is 1.93 bits per heavy atom. The number of carbonyl (C=O) groups is 3. The highest BCUT2D eigenvalue weighted by Gasteiger charge is 2.21. The van der Waals surface area contributed by atoms with E-state index in [1.165, 1.54) is 7.11 Å². The highest BCUT2D eigenvalue weighted by atomic mass is 16.5. The summed E-state index contributed by atoms with van der Waals surface area (Å²) < 4.78 is 10.1. The molecule has 2 amide bonds. The minimum Gasteiger partial charge on any atom is -0.497 e. The Morgan fingerprint density at radius 3 is 2.59 bits per heavy atom. The van der Waals surface area contributed by atoms with E-state index in [0.29, 0.717) is 30.0 Å². The molecule has 1 aliphatic heterocycles. The second-order valence-electron chi connectivity index (χ2n) is 6.05. The number of nitrogens with one attached hydrogen (secondary N) is 1. The highest BCUT2D eigenvalue weighted by molar-refractivity contribution is 5.97. The molecule has 0 spiro atoms. The number of hydrogen-bond donors (Lipinski definition) is 1. The third-order valence-corrected chi connectivity index (χ3v) is 4.18. The fourth-order valence-electron chi connectivity index (χ4n) is 2.81. The molecular weight excluding hydrogens is 348 g/mol. The molecule has 0 atom stereocenters. The summed E-state index contributed by atoms with van der Waals surface area (Å²) in [5.41, 5.74) is 1.68. The van der Waals surface area contributed by atoms with Crippen molar-refractivity contribution in [1.29, 1.82) is 0 Å². The Hall–Kier alpha value is -3.35. The maximum absolute atomic E-state index is 12.0. The standard InChI is InChI=1S/C20H20N2O5/c1-26-17-5-2-4-14(12-17)20(25)27-13-18(23)21-15-7-9-16(10-8-15)22-11-3-6-19(22)24/h2,4-5,7-10,12H,3,6,11,13H2,1H3,(H,21,23). The molecule has 0 radical (unpaired) electrons. The smallest absolute Gasteiger partial charge is 0.338 e. The van der Waals surface area contributed by atoms with Crippen molar-refractivity contribution < 1.29 is 23.9 Å². The van der Waals surface area contributed by atoms with Gasteiger partial charge in [0.15, 0.2) is 6.61 Å². The molecule has 0 unspecified atom stereocenters. The third kappa shape index (κ3) is 4.63. The number of benzene rings is 2. The summed E-state index contributed by atoms with van der Waals surface area (Å²) >= 11 is 0. The Kier molecular flexibility index (Phi) is 5.71. The van der Waals surface area contributed by atoms with Crippen molar-refractivity contribution in [3.05, 3.63) is 54.1 Å². The number of methoxy groups -OCH3 is 1. The largest absolute Gasteiger partial charge is 0.497 e. The van der Waals surface area contributed by atoms with Crippen LogP contribution in [0.25, 0.3) is 0 Å². The van der Waals surface area contributed by atoms with Gasteiger partial charge in [-0.2, -0.15) is 0 Å². The van der Waals surface area contributed by atoms with E-state index < -0.39 is 18.5 Å². The Labute approximate surface area is 156 Å². The van der Waals surface area contributed by atoms with Gasteiger partial charge in [0.2, 0.25) is 5.91 Å². The van der Waals surface area contributed by atoms with Gasteiger partial charge < -0.3 is 19.7 Å². The summed E-state index contributed by atoms with van der Waals surface area (Å²) in [6, 6.07) is 13.5. The number of rotatable bonds is 6. The minimum absolute atomic E-state index is 0.108. The summed E-state index contributed by atoms with van der Waals surface area (Å²) in [5, 5.41) is 2.66. The SMILES string of the molecule is COc1cccc(C(=O)OCC(=O)Nc2ccc(N3CCCC3=O)cc2)c1. The minimum atomic E-state index is -0.605.